The van der Waals surface area contributed by atoms with Crippen molar-refractivity contribution < 1.29 is 4.79 Å². The summed E-state index contributed by atoms with van der Waals surface area (Å²) in [6.45, 7) is 2.16. The van der Waals surface area contributed by atoms with E-state index in [9.17, 15) is 4.79 Å². The van der Waals surface area contributed by atoms with E-state index in [4.69, 9.17) is 0 Å². The number of nitrogens with zero attached hydrogens (tertiary/aromatic N) is 2. The van der Waals surface area contributed by atoms with Gasteiger partial charge in [0.2, 0.25) is 5.91 Å². The quantitative estimate of drug-likeness (QED) is 0.879. The highest BCUT2D eigenvalue weighted by Gasteiger charge is 2.25. The Hall–Kier alpha value is -2.14. The predicted octanol–water partition coefficient (Wildman–Crippen LogP) is 0.966. The number of amides is 1. The molecule has 1 aromatic heterocycles. The summed E-state index contributed by atoms with van der Waals surface area (Å²) < 4.78 is 1.78. The Labute approximate surface area is 124 Å². The molecule has 0 aliphatic carbocycles. The number of nitrogens with one attached hydrogen (secondary N) is 2. The molecule has 0 saturated heterocycles. The first-order valence-corrected chi connectivity index (χ1v) is 7.29. The van der Waals surface area contributed by atoms with E-state index in [0.717, 1.165) is 24.2 Å². The fraction of sp³-hybridized carbons (Fsp3) is 0.375. The van der Waals surface area contributed by atoms with Crippen molar-refractivity contribution in [2.24, 2.45) is 7.05 Å². The van der Waals surface area contributed by atoms with Gasteiger partial charge in [0.05, 0.1) is 11.6 Å². The number of rotatable bonds is 4. The summed E-state index contributed by atoms with van der Waals surface area (Å²) >= 11 is 0. The van der Waals surface area contributed by atoms with E-state index in [1.54, 1.807) is 4.68 Å². The Morgan fingerprint density at radius 1 is 1.43 bits per heavy atom. The van der Waals surface area contributed by atoms with Crippen LogP contribution >= 0.6 is 0 Å². The summed E-state index contributed by atoms with van der Waals surface area (Å²) in [6.07, 6.45) is 2.67. The number of fused-ring (bicyclic) bond motifs is 1. The number of hydrogen-bond donors (Lipinski definition) is 2. The highest BCUT2D eigenvalue weighted by atomic mass is 16.1. The lowest BCUT2D eigenvalue weighted by Gasteiger charge is -2.25. The first-order chi connectivity index (χ1) is 10.2. The standard InChI is InChI=1S/C16H20N4O/c1-20-9-7-13(19-20)6-8-18-16(21)15-11-17-10-12-4-2-3-5-14(12)15/h2-5,7,9,15,17H,6,8,10-11H2,1H3,(H,18,21). The topological polar surface area (TPSA) is 59.0 Å². The molecular formula is C16H20N4O. The second kappa shape index (κ2) is 6.10. The van der Waals surface area contributed by atoms with Crippen molar-refractivity contribution in [3.05, 3.63) is 53.3 Å². The first-order valence-electron chi connectivity index (χ1n) is 7.29. The molecule has 5 heteroatoms. The third-order valence-electron chi connectivity index (χ3n) is 3.86. The van der Waals surface area contributed by atoms with Gasteiger partial charge in [0.1, 0.15) is 0 Å². The zero-order chi connectivity index (χ0) is 14.7. The molecule has 1 atom stereocenters. The minimum absolute atomic E-state index is 0.0885. The second-order valence-corrected chi connectivity index (χ2v) is 5.40. The van der Waals surface area contributed by atoms with E-state index in [1.165, 1.54) is 5.56 Å². The summed E-state index contributed by atoms with van der Waals surface area (Å²) in [5, 5.41) is 10.6. The maximum Gasteiger partial charge on any atom is 0.228 e. The van der Waals surface area contributed by atoms with E-state index in [2.05, 4.69) is 27.9 Å². The first kappa shape index (κ1) is 13.8. The fourth-order valence-electron chi connectivity index (χ4n) is 2.76. The van der Waals surface area contributed by atoms with E-state index in [-0.39, 0.29) is 11.8 Å². The molecule has 2 N–H and O–H groups in total. The monoisotopic (exact) mass is 284 g/mol. The van der Waals surface area contributed by atoms with Gasteiger partial charge in [0, 0.05) is 39.3 Å². The molecule has 1 aromatic carbocycles. The smallest absolute Gasteiger partial charge is 0.228 e. The zero-order valence-electron chi connectivity index (χ0n) is 12.2. The molecule has 1 unspecified atom stereocenters. The molecule has 1 aliphatic heterocycles. The van der Waals surface area contributed by atoms with Gasteiger partial charge in [-0.3, -0.25) is 9.48 Å². The minimum Gasteiger partial charge on any atom is -0.355 e. The van der Waals surface area contributed by atoms with Gasteiger partial charge < -0.3 is 10.6 Å². The molecule has 0 bridgehead atoms. The second-order valence-electron chi connectivity index (χ2n) is 5.40. The normalized spacial score (nSPS) is 17.3. The molecule has 110 valence electrons. The minimum atomic E-state index is -0.0984. The van der Waals surface area contributed by atoms with Crippen LogP contribution in [0.2, 0.25) is 0 Å². The summed E-state index contributed by atoms with van der Waals surface area (Å²) in [5.74, 6) is -0.00994. The van der Waals surface area contributed by atoms with Crippen LogP contribution in [0, 0.1) is 0 Å². The van der Waals surface area contributed by atoms with Crippen molar-refractivity contribution in [3.63, 3.8) is 0 Å². The number of benzene rings is 1. The van der Waals surface area contributed by atoms with E-state index < -0.39 is 0 Å². The Bertz CT molecular complexity index is 635. The van der Waals surface area contributed by atoms with E-state index in [1.807, 2.05) is 31.4 Å². The molecule has 5 nitrogen and oxygen atoms in total. The molecule has 1 amide bonds. The van der Waals surface area contributed by atoms with Gasteiger partial charge in [-0.05, 0) is 17.2 Å². The molecule has 3 rings (SSSR count). The number of aryl methyl sites for hydroxylation is 1. The van der Waals surface area contributed by atoms with Gasteiger partial charge in [-0.1, -0.05) is 24.3 Å². The van der Waals surface area contributed by atoms with Gasteiger partial charge in [-0.25, -0.2) is 0 Å². The summed E-state index contributed by atoms with van der Waals surface area (Å²) in [4.78, 5) is 12.4. The van der Waals surface area contributed by atoms with Crippen LogP contribution in [-0.4, -0.2) is 28.8 Å². The molecule has 2 aromatic rings. The van der Waals surface area contributed by atoms with Crippen molar-refractivity contribution in [3.8, 4) is 0 Å². The summed E-state index contributed by atoms with van der Waals surface area (Å²) in [7, 11) is 1.90. The van der Waals surface area contributed by atoms with Crippen LogP contribution < -0.4 is 10.6 Å². The lowest BCUT2D eigenvalue weighted by molar-refractivity contribution is -0.122. The number of aromatic nitrogens is 2. The van der Waals surface area contributed by atoms with Crippen LogP contribution in [-0.2, 0) is 24.8 Å². The molecule has 1 aliphatic rings. The number of carbonyl (C=O) groups excluding carboxylic acids is 1. The van der Waals surface area contributed by atoms with Gasteiger partial charge >= 0.3 is 0 Å². The van der Waals surface area contributed by atoms with Gasteiger partial charge in [0.25, 0.3) is 0 Å². The lowest BCUT2D eigenvalue weighted by Crippen LogP contribution is -2.39. The van der Waals surface area contributed by atoms with Gasteiger partial charge in [0.15, 0.2) is 0 Å². The van der Waals surface area contributed by atoms with Crippen molar-refractivity contribution in [2.45, 2.75) is 18.9 Å². The zero-order valence-corrected chi connectivity index (χ0v) is 12.2. The van der Waals surface area contributed by atoms with Crippen LogP contribution in [0.1, 0.15) is 22.7 Å². The summed E-state index contributed by atoms with van der Waals surface area (Å²) in [5.41, 5.74) is 3.36. The summed E-state index contributed by atoms with van der Waals surface area (Å²) in [6, 6.07) is 10.1. The fourth-order valence-corrected chi connectivity index (χ4v) is 2.76. The SMILES string of the molecule is Cn1ccc(CCNC(=O)C2CNCc3ccccc32)n1. The van der Waals surface area contributed by atoms with Crippen LogP contribution in [0.3, 0.4) is 0 Å². The average molecular weight is 284 g/mol. The average Bonchev–Trinajstić information content (AvgIpc) is 2.92. The lowest BCUT2D eigenvalue weighted by atomic mass is 9.90. The molecular weight excluding hydrogens is 264 g/mol. The molecule has 0 fully saturated rings. The largest absolute Gasteiger partial charge is 0.355 e. The van der Waals surface area contributed by atoms with Crippen LogP contribution in [0.4, 0.5) is 0 Å². The molecule has 2 heterocycles. The van der Waals surface area contributed by atoms with Crippen LogP contribution in [0.5, 0.6) is 0 Å². The Morgan fingerprint density at radius 3 is 3.10 bits per heavy atom. The third-order valence-corrected chi connectivity index (χ3v) is 3.86. The van der Waals surface area contributed by atoms with Crippen molar-refractivity contribution in [1.82, 2.24) is 20.4 Å². The molecule has 0 spiro atoms. The van der Waals surface area contributed by atoms with Crippen molar-refractivity contribution in [2.75, 3.05) is 13.1 Å². The number of hydrogen-bond acceptors (Lipinski definition) is 3. The predicted molar refractivity (Wildman–Crippen MR) is 80.8 cm³/mol. The van der Waals surface area contributed by atoms with Gasteiger partial charge in [-0.2, -0.15) is 5.10 Å². The van der Waals surface area contributed by atoms with Crippen molar-refractivity contribution >= 4 is 5.91 Å². The maximum absolute atomic E-state index is 12.4. The van der Waals surface area contributed by atoms with Gasteiger partial charge in [-0.15, -0.1) is 0 Å². The van der Waals surface area contributed by atoms with E-state index in [0.29, 0.717) is 13.1 Å². The maximum atomic E-state index is 12.4. The molecule has 21 heavy (non-hydrogen) atoms. The van der Waals surface area contributed by atoms with E-state index >= 15 is 0 Å². The third kappa shape index (κ3) is 3.13. The molecule has 0 radical (unpaired) electrons. The molecule has 0 saturated carbocycles. The Morgan fingerprint density at radius 2 is 2.29 bits per heavy atom. The Kier molecular flexibility index (Phi) is 4.01. The van der Waals surface area contributed by atoms with Crippen LogP contribution in [0.25, 0.3) is 0 Å². The van der Waals surface area contributed by atoms with Crippen LogP contribution in [0.15, 0.2) is 36.5 Å². The Balaban J connectivity index is 1.59. The highest BCUT2D eigenvalue weighted by molar-refractivity contribution is 5.84. The highest BCUT2D eigenvalue weighted by Crippen LogP contribution is 2.23. The number of carbonyl (C=O) groups is 1. The van der Waals surface area contributed by atoms with Crippen molar-refractivity contribution in [1.29, 1.82) is 0 Å².